The third-order valence-electron chi connectivity index (χ3n) is 9.53. The lowest BCUT2D eigenvalue weighted by Gasteiger charge is -2.35. The highest BCUT2D eigenvalue weighted by atomic mass is 28.3. The Kier molecular flexibility index (Phi) is 11.0. The Labute approximate surface area is 283 Å². The van der Waals surface area contributed by atoms with Crippen LogP contribution in [0.4, 0.5) is 0 Å². The molecule has 6 aromatic rings. The lowest BCUT2D eigenvalue weighted by Crippen LogP contribution is -2.70. The Morgan fingerprint density at radius 2 is 1.09 bits per heavy atom. The van der Waals surface area contributed by atoms with Crippen LogP contribution >= 0.6 is 0 Å². The molecule has 4 heteroatoms. The summed E-state index contributed by atoms with van der Waals surface area (Å²) >= 11 is 0. The van der Waals surface area contributed by atoms with Crippen molar-refractivity contribution >= 4 is 36.6 Å². The average molecular weight is 630 g/mol. The molecule has 0 spiro atoms. The van der Waals surface area contributed by atoms with Crippen molar-refractivity contribution in [2.75, 3.05) is 0 Å². The molecule has 1 aromatic heterocycles. The van der Waals surface area contributed by atoms with Gasteiger partial charge >= 0.3 is 0 Å². The first-order valence-electron chi connectivity index (χ1n) is 17.4. The molecule has 0 saturated carbocycles. The highest BCUT2D eigenvalue weighted by Crippen LogP contribution is 2.23. The zero-order valence-corrected chi connectivity index (χ0v) is 28.9. The van der Waals surface area contributed by atoms with Crippen molar-refractivity contribution in [2.45, 2.75) is 64.4 Å². The molecule has 0 unspecified atom stereocenters. The quantitative estimate of drug-likeness (QED) is 0.0856. The lowest BCUT2D eigenvalue weighted by molar-refractivity contribution is 0.795. The van der Waals surface area contributed by atoms with E-state index in [0.717, 1.165) is 24.7 Å². The van der Waals surface area contributed by atoms with Crippen LogP contribution in [0.25, 0.3) is 0 Å². The summed E-state index contributed by atoms with van der Waals surface area (Å²) < 4.78 is 2.44. The van der Waals surface area contributed by atoms with Crippen molar-refractivity contribution in [1.29, 1.82) is 0 Å². The summed E-state index contributed by atoms with van der Waals surface area (Å²) in [7, 11) is -0.242. The molecule has 0 fully saturated rings. The number of imidazole rings is 1. The van der Waals surface area contributed by atoms with E-state index in [2.05, 4.69) is 171 Å². The van der Waals surface area contributed by atoms with E-state index in [-0.39, 0.29) is 5.82 Å². The molecule has 6 rings (SSSR count). The van der Waals surface area contributed by atoms with Crippen LogP contribution in [0.1, 0.15) is 67.6 Å². The van der Waals surface area contributed by atoms with E-state index in [1.807, 2.05) is 6.20 Å². The average Bonchev–Trinajstić information content (AvgIpc) is 3.58. The number of aryl methyl sites for hydroxylation is 2. The predicted octanol–water partition coefficient (Wildman–Crippen LogP) is 7.40. The standard InChI is InChI=1S/C43H46BN2Si/c1-3-5-18-35-20-16-28-40(32-35)47(39-26-14-9-15-27-39,41-29-17-21-36(33-41)19-6-4-2)34-46-31-30-45-43(46)44-42(37-22-10-7-11-23-37)38-24-12-8-13-25-38/h7-17,20-33,42H,3-6,18-19,34H2,1-2H3. The molecule has 0 aliphatic carbocycles. The maximum atomic E-state index is 5.02. The second-order valence-corrected chi connectivity index (χ2v) is 16.6. The highest BCUT2D eigenvalue weighted by molar-refractivity contribution is 7.10. The second-order valence-electron chi connectivity index (χ2n) is 12.8. The van der Waals surface area contributed by atoms with Crippen LogP contribution in [0.15, 0.2) is 152 Å². The van der Waals surface area contributed by atoms with E-state index in [4.69, 9.17) is 4.98 Å². The van der Waals surface area contributed by atoms with Crippen molar-refractivity contribution < 1.29 is 0 Å². The Morgan fingerprint density at radius 1 is 0.596 bits per heavy atom. The fraction of sp³-hybridized carbons (Fsp3) is 0.233. The summed E-state index contributed by atoms with van der Waals surface area (Å²) in [5, 5.41) is 4.36. The van der Waals surface area contributed by atoms with E-state index in [1.54, 1.807) is 0 Å². The first kappa shape index (κ1) is 32.5. The molecular formula is C43H46BN2Si. The Balaban J connectivity index is 1.51. The van der Waals surface area contributed by atoms with Crippen LogP contribution in [-0.4, -0.2) is 24.9 Å². The number of benzene rings is 5. The molecule has 2 nitrogen and oxygen atoms in total. The van der Waals surface area contributed by atoms with E-state index >= 15 is 0 Å². The monoisotopic (exact) mass is 629 g/mol. The largest absolute Gasteiger partial charge is 0.345 e. The molecular weight excluding hydrogens is 583 g/mol. The fourth-order valence-corrected chi connectivity index (χ4v) is 11.7. The third-order valence-corrected chi connectivity index (χ3v) is 14.3. The Morgan fingerprint density at radius 3 is 1.60 bits per heavy atom. The zero-order valence-electron chi connectivity index (χ0n) is 27.9. The molecule has 0 atom stereocenters. The van der Waals surface area contributed by atoms with Crippen molar-refractivity contribution in [1.82, 2.24) is 9.55 Å². The van der Waals surface area contributed by atoms with Gasteiger partial charge in [-0.1, -0.05) is 166 Å². The van der Waals surface area contributed by atoms with Crippen molar-refractivity contribution in [3.05, 3.63) is 174 Å². The van der Waals surface area contributed by atoms with Gasteiger partial charge in [-0.15, -0.1) is 0 Å². The van der Waals surface area contributed by atoms with Gasteiger partial charge in [-0.05, 0) is 69.3 Å². The van der Waals surface area contributed by atoms with Crippen molar-refractivity contribution in [3.63, 3.8) is 0 Å². The maximum absolute atomic E-state index is 5.02. The molecule has 235 valence electrons. The van der Waals surface area contributed by atoms with Crippen LogP contribution in [0.2, 0.25) is 0 Å². The summed E-state index contributed by atoms with van der Waals surface area (Å²) in [6.07, 6.45) is 12.1. The third kappa shape index (κ3) is 7.60. The number of rotatable bonds is 15. The lowest BCUT2D eigenvalue weighted by atomic mass is 9.58. The molecule has 0 saturated heterocycles. The van der Waals surface area contributed by atoms with Gasteiger partial charge in [0.05, 0.1) is 5.72 Å². The van der Waals surface area contributed by atoms with Gasteiger partial charge in [0.15, 0.2) is 8.07 Å². The van der Waals surface area contributed by atoms with Crippen LogP contribution in [0, 0.1) is 0 Å². The minimum absolute atomic E-state index is 0.0982. The number of unbranched alkanes of at least 4 members (excludes halogenated alkanes) is 2. The number of aromatic nitrogens is 2. The molecule has 0 aliphatic rings. The zero-order chi connectivity index (χ0) is 32.3. The van der Waals surface area contributed by atoms with Crippen LogP contribution in [0.5, 0.6) is 0 Å². The Hall–Kier alpha value is -4.41. The predicted molar refractivity (Wildman–Crippen MR) is 204 cm³/mol. The second kappa shape index (κ2) is 15.9. The molecule has 0 N–H and O–H groups in total. The molecule has 0 aliphatic heterocycles. The number of hydrogen-bond acceptors (Lipinski definition) is 1. The van der Waals surface area contributed by atoms with E-state index in [1.165, 1.54) is 63.5 Å². The van der Waals surface area contributed by atoms with Crippen LogP contribution in [-0.2, 0) is 19.0 Å². The van der Waals surface area contributed by atoms with Gasteiger partial charge in [0, 0.05) is 18.6 Å². The van der Waals surface area contributed by atoms with Crippen molar-refractivity contribution in [2.24, 2.45) is 0 Å². The van der Waals surface area contributed by atoms with Gasteiger partial charge in [-0.25, -0.2) is 0 Å². The minimum atomic E-state index is -2.61. The van der Waals surface area contributed by atoms with Gasteiger partial charge in [0.25, 0.3) is 0 Å². The highest BCUT2D eigenvalue weighted by Gasteiger charge is 2.41. The Bertz CT molecular complexity index is 1730. The summed E-state index contributed by atoms with van der Waals surface area (Å²) in [5.74, 6) is 0.0982. The molecule has 47 heavy (non-hydrogen) atoms. The van der Waals surface area contributed by atoms with Gasteiger partial charge in [-0.2, -0.15) is 0 Å². The summed E-state index contributed by atoms with van der Waals surface area (Å²) in [4.78, 5) is 5.02. The number of nitrogens with zero attached hydrogens (tertiary/aromatic N) is 2. The summed E-state index contributed by atoms with van der Waals surface area (Å²) in [5.41, 5.74) is 6.42. The molecule has 0 amide bonds. The van der Waals surface area contributed by atoms with E-state index in [9.17, 15) is 0 Å². The first-order chi connectivity index (χ1) is 23.2. The van der Waals surface area contributed by atoms with Crippen LogP contribution < -0.4 is 21.3 Å². The fourth-order valence-electron chi connectivity index (χ4n) is 6.97. The van der Waals surface area contributed by atoms with Gasteiger partial charge in [-0.3, -0.25) is 4.98 Å². The minimum Gasteiger partial charge on any atom is -0.345 e. The summed E-state index contributed by atoms with van der Waals surface area (Å²) in [6, 6.07) is 52.1. The maximum Gasteiger partial charge on any atom is 0.215 e. The molecule has 5 aromatic carbocycles. The van der Waals surface area contributed by atoms with Gasteiger partial charge < -0.3 is 4.57 Å². The van der Waals surface area contributed by atoms with Crippen molar-refractivity contribution in [3.8, 4) is 0 Å². The topological polar surface area (TPSA) is 17.8 Å². The van der Waals surface area contributed by atoms with Gasteiger partial charge in [0.2, 0.25) is 7.28 Å². The SMILES string of the molecule is CCCCc1cccc([Si](Cn2ccnc2[B]C(c2ccccc2)c2ccccc2)(c2ccccc2)c2cccc(CCCC)c2)c1. The smallest absolute Gasteiger partial charge is 0.215 e. The van der Waals surface area contributed by atoms with E-state index < -0.39 is 8.07 Å². The normalized spacial score (nSPS) is 11.6. The molecule has 1 heterocycles. The molecule has 0 bridgehead atoms. The van der Waals surface area contributed by atoms with Crippen LogP contribution in [0.3, 0.4) is 0 Å². The summed E-state index contributed by atoms with van der Waals surface area (Å²) in [6.45, 7) is 4.56. The van der Waals surface area contributed by atoms with E-state index in [0.29, 0.717) is 0 Å². The molecule has 1 radical (unpaired) electrons. The van der Waals surface area contributed by atoms with Gasteiger partial charge in [0.1, 0.15) is 0 Å². The number of hydrogen-bond donors (Lipinski definition) is 0. The first-order valence-corrected chi connectivity index (χ1v) is 19.6.